The van der Waals surface area contributed by atoms with Gasteiger partial charge in [-0.3, -0.25) is 4.79 Å². The minimum absolute atomic E-state index is 0.146. The molecule has 0 amide bonds. The molecule has 0 radical (unpaired) electrons. The number of benzene rings is 1. The fraction of sp³-hybridized carbons (Fsp3) is 0.286. The molecule has 1 heterocycles. The lowest BCUT2D eigenvalue weighted by Crippen LogP contribution is -2.26. The maximum absolute atomic E-state index is 13.5. The molecule has 0 unspecified atom stereocenters. The van der Waals surface area contributed by atoms with Crippen LogP contribution in [0.4, 0.5) is 10.1 Å². The molecule has 0 aliphatic rings. The van der Waals surface area contributed by atoms with Crippen molar-refractivity contribution in [1.82, 2.24) is 9.78 Å². The van der Waals surface area contributed by atoms with Crippen LogP contribution in [-0.2, 0) is 13.0 Å². The van der Waals surface area contributed by atoms with Crippen LogP contribution in [0.2, 0.25) is 0 Å². The topological polar surface area (TPSA) is 67.2 Å². The number of rotatable bonds is 6. The number of hydrogen-bond donors (Lipinski definition) is 2. The Morgan fingerprint density at radius 1 is 1.38 bits per heavy atom. The first-order valence-electron chi connectivity index (χ1n) is 6.47. The minimum Gasteiger partial charge on any atom is -0.394 e. The number of anilines is 1. The van der Waals surface area contributed by atoms with Gasteiger partial charge in [0.05, 0.1) is 25.0 Å². The molecule has 0 aliphatic carbocycles. The van der Waals surface area contributed by atoms with Crippen LogP contribution >= 0.6 is 15.9 Å². The second-order valence-corrected chi connectivity index (χ2v) is 5.19. The number of aromatic nitrogens is 2. The second-order valence-electron chi connectivity index (χ2n) is 4.39. The van der Waals surface area contributed by atoms with Crippen molar-refractivity contribution in [3.05, 3.63) is 56.7 Å². The maximum atomic E-state index is 13.5. The minimum atomic E-state index is -0.319. The summed E-state index contributed by atoms with van der Waals surface area (Å²) in [4.78, 5) is 11.9. The quantitative estimate of drug-likeness (QED) is 0.828. The molecule has 2 rings (SSSR count). The molecule has 1 aromatic carbocycles. The van der Waals surface area contributed by atoms with Crippen LogP contribution in [0.25, 0.3) is 0 Å². The Morgan fingerprint density at radius 2 is 2.14 bits per heavy atom. The average molecular weight is 356 g/mol. The number of aliphatic hydroxyl groups excluding tert-OH is 1. The SMILES string of the molecule is O=c1c(Br)c(NCCc2ccccc2F)cnn1CCO. The molecule has 0 fully saturated rings. The lowest BCUT2D eigenvalue weighted by Gasteiger charge is -2.10. The molecule has 7 heteroatoms. The van der Waals surface area contributed by atoms with E-state index in [4.69, 9.17) is 5.11 Å². The van der Waals surface area contributed by atoms with Crippen LogP contribution in [0.15, 0.2) is 39.7 Å². The van der Waals surface area contributed by atoms with Crippen LogP contribution < -0.4 is 10.9 Å². The first-order valence-corrected chi connectivity index (χ1v) is 7.26. The second kappa shape index (κ2) is 7.33. The molecule has 0 spiro atoms. The standard InChI is InChI=1S/C14H15BrFN3O2/c15-13-12(9-18-19(7-8-20)14(13)21)17-6-5-10-3-1-2-4-11(10)16/h1-4,9,17,20H,5-8H2. The van der Waals surface area contributed by atoms with Crippen LogP contribution in [0.5, 0.6) is 0 Å². The van der Waals surface area contributed by atoms with Gasteiger partial charge in [-0.15, -0.1) is 0 Å². The van der Waals surface area contributed by atoms with Crippen molar-refractivity contribution in [2.45, 2.75) is 13.0 Å². The highest BCUT2D eigenvalue weighted by Gasteiger charge is 2.08. The van der Waals surface area contributed by atoms with Crippen molar-refractivity contribution < 1.29 is 9.50 Å². The van der Waals surface area contributed by atoms with Crippen LogP contribution in [-0.4, -0.2) is 28.0 Å². The summed E-state index contributed by atoms with van der Waals surface area (Å²) in [6.45, 7) is 0.469. The van der Waals surface area contributed by atoms with Gasteiger partial charge in [-0.05, 0) is 34.0 Å². The number of hydrogen-bond acceptors (Lipinski definition) is 4. The number of nitrogens with zero attached hydrogens (tertiary/aromatic N) is 2. The third-order valence-electron chi connectivity index (χ3n) is 2.96. The number of halogens is 2. The van der Waals surface area contributed by atoms with Gasteiger partial charge in [0.25, 0.3) is 5.56 Å². The summed E-state index contributed by atoms with van der Waals surface area (Å²) in [6, 6.07) is 6.58. The smallest absolute Gasteiger partial charge is 0.283 e. The van der Waals surface area contributed by atoms with Crippen molar-refractivity contribution in [2.24, 2.45) is 0 Å². The molecule has 2 N–H and O–H groups in total. The highest BCUT2D eigenvalue weighted by Crippen LogP contribution is 2.16. The molecule has 0 saturated carbocycles. The zero-order valence-electron chi connectivity index (χ0n) is 11.2. The summed E-state index contributed by atoms with van der Waals surface area (Å²) in [5.74, 6) is -0.241. The van der Waals surface area contributed by atoms with Gasteiger partial charge in [0.1, 0.15) is 10.3 Å². The van der Waals surface area contributed by atoms with E-state index in [1.807, 2.05) is 0 Å². The molecule has 2 aromatic rings. The van der Waals surface area contributed by atoms with Gasteiger partial charge < -0.3 is 10.4 Å². The summed E-state index contributed by atoms with van der Waals surface area (Å²) in [5, 5.41) is 15.8. The van der Waals surface area contributed by atoms with E-state index < -0.39 is 0 Å². The first-order chi connectivity index (χ1) is 10.1. The van der Waals surface area contributed by atoms with E-state index in [2.05, 4.69) is 26.3 Å². The molecule has 0 aliphatic heterocycles. The summed E-state index contributed by atoms with van der Waals surface area (Å²) < 4.78 is 15.0. The Balaban J connectivity index is 2.03. The summed E-state index contributed by atoms with van der Waals surface area (Å²) in [7, 11) is 0. The fourth-order valence-corrected chi connectivity index (χ4v) is 2.32. The van der Waals surface area contributed by atoms with Gasteiger partial charge >= 0.3 is 0 Å². The summed E-state index contributed by atoms with van der Waals surface area (Å²) in [6.07, 6.45) is 2.00. The van der Waals surface area contributed by atoms with Crippen molar-refractivity contribution in [2.75, 3.05) is 18.5 Å². The third kappa shape index (κ3) is 3.89. The zero-order valence-corrected chi connectivity index (χ0v) is 12.8. The van der Waals surface area contributed by atoms with Gasteiger partial charge in [0, 0.05) is 6.54 Å². The van der Waals surface area contributed by atoms with Crippen molar-refractivity contribution in [1.29, 1.82) is 0 Å². The van der Waals surface area contributed by atoms with E-state index in [-0.39, 0.29) is 24.5 Å². The molecular formula is C14H15BrFN3O2. The molecule has 112 valence electrons. The molecule has 1 aromatic heterocycles. The molecule has 0 bridgehead atoms. The molecule has 21 heavy (non-hydrogen) atoms. The van der Waals surface area contributed by atoms with Gasteiger partial charge in [-0.25, -0.2) is 9.07 Å². The largest absolute Gasteiger partial charge is 0.394 e. The average Bonchev–Trinajstić information content (AvgIpc) is 2.48. The van der Waals surface area contributed by atoms with Crippen molar-refractivity contribution in [3.8, 4) is 0 Å². The molecular weight excluding hydrogens is 341 g/mol. The van der Waals surface area contributed by atoms with Crippen LogP contribution in [0.1, 0.15) is 5.56 Å². The lowest BCUT2D eigenvalue weighted by molar-refractivity contribution is 0.266. The van der Waals surface area contributed by atoms with Gasteiger partial charge in [-0.2, -0.15) is 5.10 Å². The zero-order chi connectivity index (χ0) is 15.2. The highest BCUT2D eigenvalue weighted by atomic mass is 79.9. The van der Waals surface area contributed by atoms with E-state index in [1.165, 1.54) is 16.9 Å². The summed E-state index contributed by atoms with van der Waals surface area (Å²) in [5.41, 5.74) is 0.841. The number of aliphatic hydroxyl groups is 1. The monoisotopic (exact) mass is 355 g/mol. The third-order valence-corrected chi connectivity index (χ3v) is 3.73. The van der Waals surface area contributed by atoms with Crippen LogP contribution in [0.3, 0.4) is 0 Å². The Labute approximate surface area is 129 Å². The predicted octanol–water partition coefficient (Wildman–Crippen LogP) is 1.79. The number of nitrogens with one attached hydrogen (secondary N) is 1. The maximum Gasteiger partial charge on any atom is 0.283 e. The molecule has 0 saturated heterocycles. The van der Waals surface area contributed by atoms with E-state index in [1.54, 1.807) is 18.2 Å². The first kappa shape index (κ1) is 15.7. The Kier molecular flexibility index (Phi) is 5.46. The Hall–Kier alpha value is -1.73. The van der Waals surface area contributed by atoms with Gasteiger partial charge in [0.15, 0.2) is 0 Å². The Bertz CT molecular complexity index is 676. The van der Waals surface area contributed by atoms with E-state index >= 15 is 0 Å². The summed E-state index contributed by atoms with van der Waals surface area (Å²) >= 11 is 3.21. The lowest BCUT2D eigenvalue weighted by atomic mass is 10.1. The van der Waals surface area contributed by atoms with E-state index in [0.29, 0.717) is 28.7 Å². The van der Waals surface area contributed by atoms with Gasteiger partial charge in [-0.1, -0.05) is 18.2 Å². The van der Waals surface area contributed by atoms with E-state index in [0.717, 1.165) is 0 Å². The highest BCUT2D eigenvalue weighted by molar-refractivity contribution is 9.10. The normalized spacial score (nSPS) is 10.6. The molecule has 5 nitrogen and oxygen atoms in total. The Morgan fingerprint density at radius 3 is 2.86 bits per heavy atom. The van der Waals surface area contributed by atoms with Gasteiger partial charge in [0.2, 0.25) is 0 Å². The fourth-order valence-electron chi connectivity index (χ4n) is 1.88. The van der Waals surface area contributed by atoms with E-state index in [9.17, 15) is 9.18 Å². The predicted molar refractivity (Wildman–Crippen MR) is 81.9 cm³/mol. The van der Waals surface area contributed by atoms with Crippen LogP contribution in [0, 0.1) is 5.82 Å². The van der Waals surface area contributed by atoms with Crippen molar-refractivity contribution in [3.63, 3.8) is 0 Å². The molecule has 0 atom stereocenters. The van der Waals surface area contributed by atoms with Crippen molar-refractivity contribution >= 4 is 21.6 Å².